The molecule has 1 saturated heterocycles. The van der Waals surface area contributed by atoms with E-state index in [2.05, 4.69) is 12.2 Å². The Morgan fingerprint density at radius 3 is 2.27 bits per heavy atom. The van der Waals surface area contributed by atoms with Crippen LogP contribution in [0.25, 0.3) is 0 Å². The molecule has 1 aliphatic heterocycles. The molecule has 2 bridgehead atoms. The Hall–Kier alpha value is -3.21. The van der Waals surface area contributed by atoms with E-state index in [-0.39, 0.29) is 35.5 Å². The number of carbonyl (C=O) groups excluding carboxylic acids is 3. The predicted molar refractivity (Wildman–Crippen MR) is 110 cm³/mol. The predicted octanol–water partition coefficient (Wildman–Crippen LogP) is 3.77. The van der Waals surface area contributed by atoms with Crippen LogP contribution >= 0.6 is 0 Å². The number of nitrogens with zero attached hydrogens (tertiary/aromatic N) is 1. The third kappa shape index (κ3) is 2.44. The van der Waals surface area contributed by atoms with Gasteiger partial charge in [0.05, 0.1) is 23.1 Å². The van der Waals surface area contributed by atoms with Crippen molar-refractivity contribution < 1.29 is 19.1 Å². The standard InChI is InChI=1S/C25H21NO4/c1-13-4-2-7-16(10-13)30-25(29)14-5-3-6-15(11-14)26-23(27)21-17-8-9-18(20-12-19(17)20)22(21)24(26)28/h2-11,17-22H,12H2,1H3/t17-,18-,19-,20+,21-,22+/m0/s1. The first-order valence-electron chi connectivity index (χ1n) is 10.5. The minimum Gasteiger partial charge on any atom is -0.423 e. The molecule has 4 aliphatic carbocycles. The Kier molecular flexibility index (Phi) is 3.61. The van der Waals surface area contributed by atoms with Crippen LogP contribution in [-0.4, -0.2) is 17.8 Å². The highest BCUT2D eigenvalue weighted by atomic mass is 16.5. The van der Waals surface area contributed by atoms with Crippen molar-refractivity contribution in [1.29, 1.82) is 0 Å². The molecule has 1 heterocycles. The lowest BCUT2D eigenvalue weighted by Gasteiger charge is -2.37. The minimum absolute atomic E-state index is 0.126. The maximum absolute atomic E-state index is 13.3. The summed E-state index contributed by atoms with van der Waals surface area (Å²) in [5.74, 6) is 0.689. The van der Waals surface area contributed by atoms with Crippen molar-refractivity contribution in [2.45, 2.75) is 13.3 Å². The lowest BCUT2D eigenvalue weighted by atomic mass is 9.63. The van der Waals surface area contributed by atoms with Crippen LogP contribution in [0.1, 0.15) is 22.3 Å². The third-order valence-electron chi connectivity index (χ3n) is 7.20. The molecule has 0 N–H and O–H groups in total. The van der Waals surface area contributed by atoms with Gasteiger partial charge in [0.25, 0.3) is 0 Å². The van der Waals surface area contributed by atoms with E-state index in [4.69, 9.17) is 4.74 Å². The number of hydrogen-bond acceptors (Lipinski definition) is 4. The molecule has 30 heavy (non-hydrogen) atoms. The lowest BCUT2D eigenvalue weighted by molar-refractivity contribution is -0.124. The molecule has 5 aliphatic rings. The monoisotopic (exact) mass is 399 g/mol. The molecule has 6 atom stereocenters. The van der Waals surface area contributed by atoms with Crippen LogP contribution in [0.2, 0.25) is 0 Å². The zero-order valence-corrected chi connectivity index (χ0v) is 16.5. The van der Waals surface area contributed by atoms with E-state index in [1.54, 1.807) is 36.4 Å². The summed E-state index contributed by atoms with van der Waals surface area (Å²) in [7, 11) is 0. The largest absolute Gasteiger partial charge is 0.423 e. The van der Waals surface area contributed by atoms with Crippen molar-refractivity contribution >= 4 is 23.5 Å². The Labute approximate surface area is 174 Å². The number of ether oxygens (including phenoxy) is 1. The normalized spacial score (nSPS) is 32.8. The van der Waals surface area contributed by atoms with E-state index < -0.39 is 5.97 Å². The lowest BCUT2D eigenvalue weighted by Crippen LogP contribution is -2.40. The van der Waals surface area contributed by atoms with Gasteiger partial charge in [-0.1, -0.05) is 30.4 Å². The molecule has 0 radical (unpaired) electrons. The smallest absolute Gasteiger partial charge is 0.343 e. The maximum Gasteiger partial charge on any atom is 0.343 e. The maximum atomic E-state index is 13.3. The number of esters is 1. The van der Waals surface area contributed by atoms with E-state index in [0.29, 0.717) is 28.8 Å². The number of allylic oxidation sites excluding steroid dienone is 2. The molecule has 150 valence electrons. The van der Waals surface area contributed by atoms with Crippen molar-refractivity contribution in [2.24, 2.45) is 35.5 Å². The molecule has 3 fully saturated rings. The van der Waals surface area contributed by atoms with Crippen LogP contribution in [-0.2, 0) is 9.59 Å². The van der Waals surface area contributed by atoms with Crippen molar-refractivity contribution in [3.05, 3.63) is 71.8 Å². The average Bonchev–Trinajstić information content (AvgIpc) is 3.52. The summed E-state index contributed by atoms with van der Waals surface area (Å²) < 4.78 is 5.47. The van der Waals surface area contributed by atoms with Crippen LogP contribution < -0.4 is 9.64 Å². The summed E-state index contributed by atoms with van der Waals surface area (Å²) >= 11 is 0. The molecule has 2 saturated carbocycles. The second-order valence-electron chi connectivity index (χ2n) is 8.92. The van der Waals surface area contributed by atoms with Crippen molar-refractivity contribution in [2.75, 3.05) is 4.90 Å². The first-order valence-corrected chi connectivity index (χ1v) is 10.5. The number of aryl methyl sites for hydroxylation is 1. The minimum atomic E-state index is -0.512. The Balaban J connectivity index is 1.29. The molecular weight excluding hydrogens is 378 g/mol. The summed E-state index contributed by atoms with van der Waals surface area (Å²) in [6, 6.07) is 13.9. The highest BCUT2D eigenvalue weighted by Crippen LogP contribution is 2.65. The van der Waals surface area contributed by atoms with Gasteiger partial charge in [-0.05, 0) is 72.9 Å². The number of rotatable bonds is 3. The molecular formula is C25H21NO4. The second kappa shape index (κ2) is 6.14. The van der Waals surface area contributed by atoms with Gasteiger partial charge in [-0.2, -0.15) is 0 Å². The van der Waals surface area contributed by atoms with E-state index in [9.17, 15) is 14.4 Å². The summed E-state index contributed by atoms with van der Waals surface area (Å²) in [5, 5.41) is 0. The average molecular weight is 399 g/mol. The summed E-state index contributed by atoms with van der Waals surface area (Å²) in [4.78, 5) is 40.5. The zero-order chi connectivity index (χ0) is 20.6. The number of anilines is 1. The Bertz CT molecular complexity index is 1100. The number of benzene rings is 2. The third-order valence-corrected chi connectivity index (χ3v) is 7.20. The van der Waals surface area contributed by atoms with Crippen LogP contribution in [0.3, 0.4) is 0 Å². The summed E-state index contributed by atoms with van der Waals surface area (Å²) in [5.41, 5.74) is 1.76. The molecule has 2 amide bonds. The first-order chi connectivity index (χ1) is 14.5. The fraction of sp³-hybridized carbons (Fsp3) is 0.320. The van der Waals surface area contributed by atoms with E-state index in [1.165, 1.54) is 4.90 Å². The zero-order valence-electron chi connectivity index (χ0n) is 16.5. The first kappa shape index (κ1) is 17.6. The topological polar surface area (TPSA) is 63.7 Å². The van der Waals surface area contributed by atoms with Gasteiger partial charge in [0.15, 0.2) is 0 Å². The van der Waals surface area contributed by atoms with Gasteiger partial charge in [-0.15, -0.1) is 0 Å². The van der Waals surface area contributed by atoms with Gasteiger partial charge in [0.2, 0.25) is 11.8 Å². The Morgan fingerprint density at radius 1 is 0.933 bits per heavy atom. The molecule has 0 spiro atoms. The molecule has 7 rings (SSSR count). The van der Waals surface area contributed by atoms with Gasteiger partial charge in [-0.25, -0.2) is 9.69 Å². The quantitative estimate of drug-likeness (QED) is 0.341. The molecule has 5 nitrogen and oxygen atoms in total. The van der Waals surface area contributed by atoms with Gasteiger partial charge >= 0.3 is 5.97 Å². The number of amides is 2. The molecule has 5 heteroatoms. The van der Waals surface area contributed by atoms with Crippen LogP contribution in [0, 0.1) is 42.4 Å². The summed E-state index contributed by atoms with van der Waals surface area (Å²) in [6.07, 6.45) is 5.45. The van der Waals surface area contributed by atoms with Crippen molar-refractivity contribution in [3.8, 4) is 5.75 Å². The fourth-order valence-electron chi connectivity index (χ4n) is 5.83. The van der Waals surface area contributed by atoms with E-state index in [0.717, 1.165) is 12.0 Å². The van der Waals surface area contributed by atoms with Crippen LogP contribution in [0.15, 0.2) is 60.7 Å². The Morgan fingerprint density at radius 2 is 1.60 bits per heavy atom. The molecule has 2 aromatic rings. The second-order valence-corrected chi connectivity index (χ2v) is 8.92. The fourth-order valence-corrected chi connectivity index (χ4v) is 5.83. The SMILES string of the molecule is Cc1cccc(OC(=O)c2cccc(N3C(=O)[C@@H]4[C@H]5C=C[C@@H]([C@@H]6C[C@H]56)[C@@H]4C3=O)c2)c1. The van der Waals surface area contributed by atoms with Crippen LogP contribution in [0.5, 0.6) is 5.75 Å². The summed E-state index contributed by atoms with van der Waals surface area (Å²) in [6.45, 7) is 1.92. The van der Waals surface area contributed by atoms with Gasteiger partial charge in [0.1, 0.15) is 5.75 Å². The van der Waals surface area contributed by atoms with Gasteiger partial charge in [0, 0.05) is 0 Å². The highest BCUT2D eigenvalue weighted by Gasteiger charge is 2.67. The number of hydrogen-bond donors (Lipinski definition) is 0. The van der Waals surface area contributed by atoms with Crippen LogP contribution in [0.4, 0.5) is 5.69 Å². The van der Waals surface area contributed by atoms with Gasteiger partial charge in [-0.3, -0.25) is 9.59 Å². The van der Waals surface area contributed by atoms with E-state index >= 15 is 0 Å². The van der Waals surface area contributed by atoms with Crippen molar-refractivity contribution in [1.82, 2.24) is 0 Å². The molecule has 2 aromatic carbocycles. The highest BCUT2D eigenvalue weighted by molar-refractivity contribution is 6.23. The number of imide groups is 1. The molecule has 0 aromatic heterocycles. The van der Waals surface area contributed by atoms with E-state index in [1.807, 2.05) is 19.1 Å². The van der Waals surface area contributed by atoms with Gasteiger partial charge < -0.3 is 4.74 Å². The van der Waals surface area contributed by atoms with Crippen molar-refractivity contribution in [3.63, 3.8) is 0 Å². The number of carbonyl (C=O) groups is 3. The molecule has 0 unspecified atom stereocenters.